The van der Waals surface area contributed by atoms with Gasteiger partial charge in [-0.05, 0) is 61.8 Å². The number of aryl methyl sites for hydroxylation is 1. The number of likely N-dealkylation sites (N-methyl/N-ethyl adjacent to an activating group) is 1. The number of aromatic amines is 1. The maximum absolute atomic E-state index is 12.1. The van der Waals surface area contributed by atoms with Crippen molar-refractivity contribution in [2.45, 2.75) is 37.2 Å². The van der Waals surface area contributed by atoms with E-state index in [1.54, 1.807) is 7.11 Å². The van der Waals surface area contributed by atoms with Gasteiger partial charge in [-0.2, -0.15) is 0 Å². The molecule has 4 heteroatoms. The topological polar surface area (TPSA) is 48.5 Å². The van der Waals surface area contributed by atoms with E-state index < -0.39 is 5.60 Å². The number of rotatable bonds is 2. The zero-order chi connectivity index (χ0) is 19.5. The number of hydrogen-bond donors (Lipinski definition) is 2. The van der Waals surface area contributed by atoms with Gasteiger partial charge in [-0.3, -0.25) is 0 Å². The van der Waals surface area contributed by atoms with Crippen molar-refractivity contribution in [2.75, 3.05) is 27.2 Å². The number of methoxy groups -OCH3 is 1. The zero-order valence-corrected chi connectivity index (χ0v) is 16.9. The van der Waals surface area contributed by atoms with Crippen LogP contribution in [0, 0.1) is 6.92 Å². The normalized spacial score (nSPS) is 27.4. The van der Waals surface area contributed by atoms with Crippen LogP contribution in [0.5, 0.6) is 5.75 Å². The standard InChI is InChI=1S/C24H28N2O2/c1-16-6-4-9-20-22(16)19-13-24(27)15-26(2)11-10-23(24,14-21(19)25-20)17-7-5-8-18(12-17)28-3/h4-9,12,25,27H,10-11,13-15H2,1-3H3. The molecule has 1 aliphatic heterocycles. The molecular weight excluding hydrogens is 348 g/mol. The maximum Gasteiger partial charge on any atom is 0.119 e. The third-order valence-corrected chi connectivity index (χ3v) is 7.14. The second-order valence-corrected chi connectivity index (χ2v) is 8.77. The van der Waals surface area contributed by atoms with Gasteiger partial charge < -0.3 is 19.7 Å². The molecule has 2 atom stereocenters. The second-order valence-electron chi connectivity index (χ2n) is 8.77. The molecular formula is C24H28N2O2. The molecule has 0 spiro atoms. The Morgan fingerprint density at radius 1 is 1.14 bits per heavy atom. The van der Waals surface area contributed by atoms with E-state index in [0.717, 1.165) is 25.1 Å². The molecule has 1 aromatic heterocycles. The fraction of sp³-hybridized carbons (Fsp3) is 0.417. The summed E-state index contributed by atoms with van der Waals surface area (Å²) < 4.78 is 5.51. The number of H-pyrrole nitrogens is 1. The molecule has 2 unspecified atom stereocenters. The smallest absolute Gasteiger partial charge is 0.119 e. The molecule has 4 nitrogen and oxygen atoms in total. The lowest BCUT2D eigenvalue weighted by Crippen LogP contribution is -2.65. The number of ether oxygens (including phenoxy) is 1. The van der Waals surface area contributed by atoms with Crippen molar-refractivity contribution in [2.24, 2.45) is 0 Å². The monoisotopic (exact) mass is 376 g/mol. The molecule has 0 bridgehead atoms. The Morgan fingerprint density at radius 2 is 1.96 bits per heavy atom. The predicted octanol–water partition coefficient (Wildman–Crippen LogP) is 3.59. The lowest BCUT2D eigenvalue weighted by Gasteiger charge is -2.56. The Labute approximate surface area is 166 Å². The van der Waals surface area contributed by atoms with Crippen molar-refractivity contribution in [1.82, 2.24) is 9.88 Å². The van der Waals surface area contributed by atoms with E-state index in [1.165, 1.54) is 33.3 Å². The first-order valence-corrected chi connectivity index (χ1v) is 10.1. The maximum atomic E-state index is 12.1. The first-order valence-electron chi connectivity index (χ1n) is 10.1. The zero-order valence-electron chi connectivity index (χ0n) is 16.9. The van der Waals surface area contributed by atoms with Gasteiger partial charge in [0.2, 0.25) is 0 Å². The molecule has 146 valence electrons. The Kier molecular flexibility index (Phi) is 3.87. The van der Waals surface area contributed by atoms with Crippen LogP contribution in [0.1, 0.15) is 28.8 Å². The highest BCUT2D eigenvalue weighted by molar-refractivity contribution is 5.88. The summed E-state index contributed by atoms with van der Waals surface area (Å²) in [7, 11) is 3.82. The van der Waals surface area contributed by atoms with Crippen molar-refractivity contribution in [3.05, 3.63) is 64.8 Å². The molecule has 1 fully saturated rings. The number of likely N-dealkylation sites (tertiary alicyclic amines) is 1. The van der Waals surface area contributed by atoms with Gasteiger partial charge in [0.1, 0.15) is 5.75 Å². The molecule has 0 amide bonds. The number of benzene rings is 2. The fourth-order valence-corrected chi connectivity index (χ4v) is 5.71. The van der Waals surface area contributed by atoms with Crippen LogP contribution in [0.25, 0.3) is 10.9 Å². The third kappa shape index (κ3) is 2.38. The van der Waals surface area contributed by atoms with Crippen LogP contribution in [-0.2, 0) is 18.3 Å². The lowest BCUT2D eigenvalue weighted by molar-refractivity contribution is -0.0972. The highest BCUT2D eigenvalue weighted by Crippen LogP contribution is 2.51. The van der Waals surface area contributed by atoms with E-state index in [2.05, 4.69) is 54.2 Å². The van der Waals surface area contributed by atoms with Crippen molar-refractivity contribution in [3.63, 3.8) is 0 Å². The molecule has 3 aromatic rings. The fourth-order valence-electron chi connectivity index (χ4n) is 5.71. The van der Waals surface area contributed by atoms with Crippen molar-refractivity contribution in [3.8, 4) is 5.75 Å². The van der Waals surface area contributed by atoms with E-state index in [0.29, 0.717) is 13.0 Å². The van der Waals surface area contributed by atoms with Crippen molar-refractivity contribution >= 4 is 10.9 Å². The summed E-state index contributed by atoms with van der Waals surface area (Å²) in [5.74, 6) is 0.853. The lowest BCUT2D eigenvalue weighted by atomic mass is 9.56. The summed E-state index contributed by atoms with van der Waals surface area (Å²) in [5.41, 5.74) is 5.10. The molecule has 2 heterocycles. The highest BCUT2D eigenvalue weighted by Gasteiger charge is 2.57. The highest BCUT2D eigenvalue weighted by atomic mass is 16.5. The molecule has 28 heavy (non-hydrogen) atoms. The van der Waals surface area contributed by atoms with Gasteiger partial charge >= 0.3 is 0 Å². The van der Waals surface area contributed by atoms with E-state index in [4.69, 9.17) is 4.74 Å². The number of nitrogens with zero attached hydrogens (tertiary/aromatic N) is 1. The first-order chi connectivity index (χ1) is 13.5. The molecule has 2 N–H and O–H groups in total. The van der Waals surface area contributed by atoms with Crippen molar-refractivity contribution in [1.29, 1.82) is 0 Å². The summed E-state index contributed by atoms with van der Waals surface area (Å²) in [6, 6.07) is 14.7. The second kappa shape index (κ2) is 6.10. The average Bonchev–Trinajstić information content (AvgIpc) is 3.03. The van der Waals surface area contributed by atoms with Crippen LogP contribution >= 0.6 is 0 Å². The molecule has 1 aliphatic carbocycles. The number of hydrogen-bond acceptors (Lipinski definition) is 3. The van der Waals surface area contributed by atoms with Crippen LogP contribution in [0.4, 0.5) is 0 Å². The molecule has 2 aliphatic rings. The number of β-amino-alcohol motifs (C(OH)–C–C–N with tert-alkyl or cyclic N) is 1. The minimum atomic E-state index is -0.809. The van der Waals surface area contributed by atoms with E-state index in [9.17, 15) is 5.11 Å². The summed E-state index contributed by atoms with van der Waals surface area (Å²) in [6.07, 6.45) is 2.43. The van der Waals surface area contributed by atoms with Crippen LogP contribution in [0.3, 0.4) is 0 Å². The molecule has 0 saturated carbocycles. The Balaban J connectivity index is 1.73. The van der Waals surface area contributed by atoms with Crippen molar-refractivity contribution < 1.29 is 9.84 Å². The van der Waals surface area contributed by atoms with Crippen LogP contribution in [0.15, 0.2) is 42.5 Å². The molecule has 2 aromatic carbocycles. The van der Waals surface area contributed by atoms with Gasteiger partial charge in [0.25, 0.3) is 0 Å². The van der Waals surface area contributed by atoms with Crippen LogP contribution in [0.2, 0.25) is 0 Å². The van der Waals surface area contributed by atoms with E-state index in [-0.39, 0.29) is 5.41 Å². The van der Waals surface area contributed by atoms with Gasteiger partial charge in [0, 0.05) is 41.4 Å². The Hall–Kier alpha value is -2.30. The minimum Gasteiger partial charge on any atom is -0.497 e. The number of piperidine rings is 1. The minimum absolute atomic E-state index is 0.310. The van der Waals surface area contributed by atoms with Gasteiger partial charge in [-0.25, -0.2) is 0 Å². The summed E-state index contributed by atoms with van der Waals surface area (Å²) in [5, 5.41) is 13.4. The number of fused-ring (bicyclic) bond motifs is 4. The quantitative estimate of drug-likeness (QED) is 0.719. The molecule has 5 rings (SSSR count). The number of nitrogens with one attached hydrogen (secondary N) is 1. The van der Waals surface area contributed by atoms with Gasteiger partial charge in [0.15, 0.2) is 0 Å². The first kappa shape index (κ1) is 17.8. The van der Waals surface area contributed by atoms with Crippen LogP contribution < -0.4 is 4.74 Å². The van der Waals surface area contributed by atoms with Gasteiger partial charge in [0.05, 0.1) is 12.7 Å². The number of aromatic nitrogens is 1. The molecule has 1 saturated heterocycles. The van der Waals surface area contributed by atoms with Gasteiger partial charge in [-0.15, -0.1) is 0 Å². The Morgan fingerprint density at radius 3 is 2.79 bits per heavy atom. The van der Waals surface area contributed by atoms with E-state index >= 15 is 0 Å². The van der Waals surface area contributed by atoms with E-state index in [1.807, 2.05) is 12.1 Å². The summed E-state index contributed by atoms with van der Waals surface area (Å²) in [4.78, 5) is 5.95. The summed E-state index contributed by atoms with van der Waals surface area (Å²) in [6.45, 7) is 3.83. The molecule has 0 radical (unpaired) electrons. The third-order valence-electron chi connectivity index (χ3n) is 7.14. The largest absolute Gasteiger partial charge is 0.497 e. The Bertz CT molecular complexity index is 1060. The van der Waals surface area contributed by atoms with Gasteiger partial charge in [-0.1, -0.05) is 24.3 Å². The summed E-state index contributed by atoms with van der Waals surface area (Å²) >= 11 is 0. The number of aliphatic hydroxyl groups is 1. The van der Waals surface area contributed by atoms with Crippen LogP contribution in [-0.4, -0.2) is 47.8 Å². The predicted molar refractivity (Wildman–Crippen MR) is 112 cm³/mol. The average molecular weight is 377 g/mol. The SMILES string of the molecule is COc1cccc(C23CCN(C)CC2(O)Cc2c([nH]c4cccc(C)c24)C3)c1.